The van der Waals surface area contributed by atoms with Crippen LogP contribution in [-0.4, -0.2) is 138 Å². The lowest BCUT2D eigenvalue weighted by Gasteiger charge is -2.48. The number of nitrogens with zero attached hydrogens (tertiary/aromatic N) is 3. The smallest absolute Gasteiger partial charge is 0.311 e. The largest absolute Gasteiger partial charge is 0.459 e. The van der Waals surface area contributed by atoms with Crippen LogP contribution in [0.4, 0.5) is 0 Å². The van der Waals surface area contributed by atoms with Crippen LogP contribution in [0.15, 0.2) is 10.1 Å². The van der Waals surface area contributed by atoms with E-state index in [1.807, 2.05) is 46.7 Å². The van der Waals surface area contributed by atoms with E-state index in [9.17, 15) is 24.9 Å². The van der Waals surface area contributed by atoms with Crippen LogP contribution in [-0.2, 0) is 38.1 Å². The number of hydrogen-bond acceptors (Lipinski definition) is 13. The lowest BCUT2D eigenvalue weighted by molar-refractivity contribution is -0.302. The van der Waals surface area contributed by atoms with E-state index >= 15 is 0 Å². The van der Waals surface area contributed by atoms with Gasteiger partial charge in [0.05, 0.1) is 49.1 Å². The number of amides is 1. The Bertz CT molecular complexity index is 1210. The average Bonchev–Trinajstić information content (AvgIpc) is 3.05. The van der Waals surface area contributed by atoms with Gasteiger partial charge in [0.15, 0.2) is 12.9 Å². The number of aliphatic hydroxyl groups is 3. The van der Waals surface area contributed by atoms with Gasteiger partial charge in [-0.15, -0.1) is 0 Å². The van der Waals surface area contributed by atoms with Gasteiger partial charge in [-0.2, -0.15) is 0 Å². The first-order valence-electron chi connectivity index (χ1n) is 17.2. The van der Waals surface area contributed by atoms with Gasteiger partial charge in [0.25, 0.3) is 5.91 Å². The molecule has 4 aliphatic rings. The molecule has 48 heavy (non-hydrogen) atoms. The Morgan fingerprint density at radius 2 is 1.69 bits per heavy atom. The average molecular weight is 684 g/mol. The minimum absolute atomic E-state index is 0.108. The molecule has 1 amide bonds. The predicted molar refractivity (Wildman–Crippen MR) is 175 cm³/mol. The molecule has 4 bridgehead atoms. The minimum Gasteiger partial charge on any atom is -0.459 e. The van der Waals surface area contributed by atoms with Crippen molar-refractivity contribution in [2.24, 2.45) is 33.8 Å². The van der Waals surface area contributed by atoms with Gasteiger partial charge in [0.2, 0.25) is 0 Å². The molecule has 14 nitrogen and oxygen atoms in total. The highest BCUT2D eigenvalue weighted by molar-refractivity contribution is 5.99. The Morgan fingerprint density at radius 3 is 2.33 bits per heavy atom. The second-order valence-corrected chi connectivity index (χ2v) is 14.9. The molecule has 14 atom stereocenters. The van der Waals surface area contributed by atoms with E-state index in [4.69, 9.17) is 28.5 Å². The maximum Gasteiger partial charge on any atom is 0.311 e. The Hall–Kier alpha value is -2.04. The summed E-state index contributed by atoms with van der Waals surface area (Å²) in [5, 5.41) is 39.6. The van der Waals surface area contributed by atoms with E-state index in [2.05, 4.69) is 10.1 Å². The fourth-order valence-electron chi connectivity index (χ4n) is 7.93. The van der Waals surface area contributed by atoms with Gasteiger partial charge >= 0.3 is 5.97 Å². The lowest BCUT2D eigenvalue weighted by Crippen LogP contribution is -2.60. The summed E-state index contributed by atoms with van der Waals surface area (Å²) >= 11 is 0. The molecule has 0 unspecified atom stereocenters. The first-order chi connectivity index (χ1) is 22.4. The Labute approximate surface area is 284 Å². The van der Waals surface area contributed by atoms with Crippen molar-refractivity contribution in [3.05, 3.63) is 0 Å². The second kappa shape index (κ2) is 15.5. The molecular formula is C34H57N3O11. The molecule has 3 saturated heterocycles. The van der Waals surface area contributed by atoms with Crippen molar-refractivity contribution in [2.75, 3.05) is 33.9 Å². The Balaban J connectivity index is 1.94. The highest BCUT2D eigenvalue weighted by Crippen LogP contribution is 2.41. The molecule has 274 valence electrons. The molecule has 4 heterocycles. The number of fused-ring (bicyclic) bond motifs is 4. The van der Waals surface area contributed by atoms with E-state index in [1.165, 1.54) is 0 Å². The van der Waals surface area contributed by atoms with Crippen LogP contribution in [0.1, 0.15) is 74.7 Å². The molecule has 0 aromatic rings. The number of oxime groups is 1. The van der Waals surface area contributed by atoms with Crippen LogP contribution >= 0.6 is 0 Å². The number of aliphatic hydroxyl groups excluding tert-OH is 2. The first-order valence-corrected chi connectivity index (χ1v) is 17.2. The number of rotatable bonds is 4. The van der Waals surface area contributed by atoms with Crippen molar-refractivity contribution in [3.63, 3.8) is 0 Å². The molecule has 4 rings (SSSR count). The van der Waals surface area contributed by atoms with E-state index in [0.717, 1.165) is 0 Å². The zero-order chi connectivity index (χ0) is 35.7. The summed E-state index contributed by atoms with van der Waals surface area (Å²) in [6.45, 7) is 13.5. The number of carbonyl (C=O) groups excluding carboxylic acids is 2. The van der Waals surface area contributed by atoms with Crippen molar-refractivity contribution < 1.29 is 53.4 Å². The van der Waals surface area contributed by atoms with Crippen LogP contribution < -0.4 is 0 Å². The van der Waals surface area contributed by atoms with Gasteiger partial charge in [-0.1, -0.05) is 32.9 Å². The molecule has 4 aliphatic heterocycles. The monoisotopic (exact) mass is 683 g/mol. The number of hydrogen-bond donors (Lipinski definition) is 3. The number of likely N-dealkylation sites (N-methyl/N-ethyl adjacent to an activating group) is 1. The third-order valence-corrected chi connectivity index (χ3v) is 10.7. The number of cyclic esters (lactones) is 1. The maximum atomic E-state index is 13.7. The fourth-order valence-corrected chi connectivity index (χ4v) is 7.93. The minimum atomic E-state index is -1.74. The molecule has 0 spiro atoms. The molecule has 0 aromatic heterocycles. The van der Waals surface area contributed by atoms with Crippen LogP contribution in [0.2, 0.25) is 0 Å². The maximum absolute atomic E-state index is 13.7. The van der Waals surface area contributed by atoms with Crippen LogP contribution in [0.3, 0.4) is 0 Å². The van der Waals surface area contributed by atoms with E-state index in [1.54, 1.807) is 27.7 Å². The normalized spacial score (nSPS) is 46.4. The number of carbonyl (C=O) groups is 2. The molecular weight excluding hydrogens is 626 g/mol. The van der Waals surface area contributed by atoms with Crippen molar-refractivity contribution in [1.29, 1.82) is 0 Å². The van der Waals surface area contributed by atoms with Crippen molar-refractivity contribution in [3.8, 4) is 0 Å². The summed E-state index contributed by atoms with van der Waals surface area (Å²) in [4.78, 5) is 38.6. The van der Waals surface area contributed by atoms with E-state index < -0.39 is 90.2 Å². The second-order valence-electron chi connectivity index (χ2n) is 14.9. The standard InChI is InChI=1S/C34H57N3O11/c1-11-24-34(8,42)30-19(4)26-17(2)13-33(7,44-15-22(14-43-30)36-45-16-25(38)35-26)29(20(5)27(39)21(6)31(41)47-24)48-32-28(40)23(37(9)10)12-18(3)46-32/h17-21,23-24,27-30,32,39-40,42H,11-16H2,1-10H3/b35-26?,36-22-/t17-,18-,19+,20+,21-,23+,24-,27+,28-,29-,30-,32+,33-,34-/m1/s1. The highest BCUT2D eigenvalue weighted by Gasteiger charge is 2.53. The summed E-state index contributed by atoms with van der Waals surface area (Å²) in [5.41, 5.74) is -2.26. The van der Waals surface area contributed by atoms with Gasteiger partial charge in [-0.05, 0) is 67.0 Å². The summed E-state index contributed by atoms with van der Waals surface area (Å²) in [5.74, 6) is -4.15. The highest BCUT2D eigenvalue weighted by atomic mass is 16.7. The Kier molecular flexibility index (Phi) is 12.5. The fraction of sp³-hybridized carbons (Fsp3) is 0.882. The van der Waals surface area contributed by atoms with Crippen molar-refractivity contribution >= 4 is 23.3 Å². The van der Waals surface area contributed by atoms with Gasteiger partial charge in [0.1, 0.15) is 23.5 Å². The quantitative estimate of drug-likeness (QED) is 0.366. The molecule has 0 radical (unpaired) electrons. The number of esters is 1. The Morgan fingerprint density at radius 1 is 1.00 bits per heavy atom. The first kappa shape index (κ1) is 38.8. The van der Waals surface area contributed by atoms with Crippen LogP contribution in [0.25, 0.3) is 0 Å². The molecule has 0 aromatic carbocycles. The molecule has 0 saturated carbocycles. The predicted octanol–water partition coefficient (Wildman–Crippen LogP) is 1.71. The summed E-state index contributed by atoms with van der Waals surface area (Å²) in [6.07, 6.45) is -5.61. The third kappa shape index (κ3) is 8.12. The van der Waals surface area contributed by atoms with Gasteiger partial charge in [0, 0.05) is 23.6 Å². The van der Waals surface area contributed by atoms with Gasteiger partial charge in [-0.25, -0.2) is 4.99 Å². The lowest BCUT2D eigenvalue weighted by atomic mass is 9.73. The summed E-state index contributed by atoms with van der Waals surface area (Å²) in [7, 11) is 3.76. The van der Waals surface area contributed by atoms with E-state index in [0.29, 0.717) is 17.8 Å². The molecule has 14 heteroatoms. The van der Waals surface area contributed by atoms with Crippen molar-refractivity contribution in [1.82, 2.24) is 4.90 Å². The van der Waals surface area contributed by atoms with Gasteiger partial charge in [-0.3, -0.25) is 9.59 Å². The van der Waals surface area contributed by atoms with Gasteiger partial charge < -0.3 is 48.7 Å². The number of aliphatic imine (C=N–C) groups is 1. The topological polar surface area (TPSA) is 178 Å². The molecule has 3 fully saturated rings. The van der Waals surface area contributed by atoms with Crippen LogP contribution in [0.5, 0.6) is 0 Å². The van der Waals surface area contributed by atoms with E-state index in [-0.39, 0.29) is 38.2 Å². The van der Waals surface area contributed by atoms with Crippen LogP contribution in [0, 0.1) is 23.7 Å². The molecule has 3 N–H and O–H groups in total. The summed E-state index contributed by atoms with van der Waals surface area (Å²) < 4.78 is 32.0. The zero-order valence-electron chi connectivity index (χ0n) is 30.1. The summed E-state index contributed by atoms with van der Waals surface area (Å²) in [6, 6.07) is -0.265. The third-order valence-electron chi connectivity index (χ3n) is 10.7. The number of ether oxygens (including phenoxy) is 5. The zero-order valence-corrected chi connectivity index (χ0v) is 30.1. The van der Waals surface area contributed by atoms with Crippen molar-refractivity contribution in [2.45, 2.75) is 135 Å². The SMILES string of the molecule is CC[C@H]1OC(=O)[C@H](C)[C@@H](O)[C@H](C)[C@@H](O[C@@H]2O[C@H](C)C[C@H](N(C)C)[C@H]2O)[C@@]2(C)C[C@@H](C)C3=NC(=O)CO/N=C(/CO[C@H]([C@H]3C)[C@]1(C)O)CO2. The molecule has 0 aliphatic carbocycles.